The van der Waals surface area contributed by atoms with Gasteiger partial charge in [-0.25, -0.2) is 0 Å². The molecule has 0 bridgehead atoms. The quantitative estimate of drug-likeness (QED) is 0.461. The lowest BCUT2D eigenvalue weighted by molar-refractivity contribution is 0.688. The Labute approximate surface area is 112 Å². The molecule has 0 amide bonds. The highest BCUT2D eigenvalue weighted by molar-refractivity contribution is 7.80. The van der Waals surface area contributed by atoms with Crippen LogP contribution in [0.15, 0.2) is 23.1 Å². The minimum absolute atomic E-state index is 1.19. The third-order valence-electron chi connectivity index (χ3n) is 3.33. The van der Waals surface area contributed by atoms with Crippen LogP contribution in [-0.2, 0) is 12.8 Å². The van der Waals surface area contributed by atoms with E-state index in [4.69, 9.17) is 0 Å². The van der Waals surface area contributed by atoms with Gasteiger partial charge >= 0.3 is 0 Å². The number of hydrogen-bond acceptors (Lipinski definition) is 1. The molecule has 0 saturated heterocycles. The monoisotopic (exact) mass is 250 g/mol. The van der Waals surface area contributed by atoms with E-state index in [1.54, 1.807) is 0 Å². The molecular formula is C16H26S. The fraction of sp³-hybridized carbons (Fsp3) is 0.625. The van der Waals surface area contributed by atoms with Gasteiger partial charge in [0.15, 0.2) is 0 Å². The molecule has 0 spiro atoms. The highest BCUT2D eigenvalue weighted by Gasteiger charge is 2.05. The van der Waals surface area contributed by atoms with Crippen LogP contribution < -0.4 is 0 Å². The average molecular weight is 250 g/mol. The molecule has 0 N–H and O–H groups in total. The van der Waals surface area contributed by atoms with Gasteiger partial charge in [0.1, 0.15) is 0 Å². The lowest BCUT2D eigenvalue weighted by Gasteiger charge is -2.12. The lowest BCUT2D eigenvalue weighted by Crippen LogP contribution is -1.97. The minimum atomic E-state index is 1.19. The normalized spacial score (nSPS) is 10.8. The van der Waals surface area contributed by atoms with Crippen molar-refractivity contribution >= 4 is 12.6 Å². The molecule has 0 radical (unpaired) electrons. The predicted molar refractivity (Wildman–Crippen MR) is 80.2 cm³/mol. The lowest BCUT2D eigenvalue weighted by atomic mass is 9.97. The molecular weight excluding hydrogens is 224 g/mol. The van der Waals surface area contributed by atoms with Crippen LogP contribution in [0.25, 0.3) is 0 Å². The molecule has 17 heavy (non-hydrogen) atoms. The van der Waals surface area contributed by atoms with Gasteiger partial charge in [-0.15, -0.1) is 12.6 Å². The van der Waals surface area contributed by atoms with Crippen LogP contribution in [0.1, 0.15) is 63.5 Å². The molecule has 0 atom stereocenters. The summed E-state index contributed by atoms with van der Waals surface area (Å²) in [6.07, 6.45) is 10.3. The van der Waals surface area contributed by atoms with Crippen molar-refractivity contribution < 1.29 is 0 Å². The zero-order valence-electron chi connectivity index (χ0n) is 11.3. The number of benzene rings is 1. The molecule has 1 aromatic rings. The smallest absolute Gasteiger partial charge is 0.00747 e. The molecule has 0 fully saturated rings. The van der Waals surface area contributed by atoms with Crippen molar-refractivity contribution in [1.82, 2.24) is 0 Å². The zero-order valence-corrected chi connectivity index (χ0v) is 12.2. The maximum Gasteiger partial charge on any atom is 0.00747 e. The average Bonchev–Trinajstić information content (AvgIpc) is 2.33. The fourth-order valence-electron chi connectivity index (χ4n) is 2.26. The Morgan fingerprint density at radius 3 is 2.18 bits per heavy atom. The molecule has 96 valence electrons. The second-order valence-electron chi connectivity index (χ2n) is 4.83. The van der Waals surface area contributed by atoms with Crippen LogP contribution in [0, 0.1) is 0 Å². The summed E-state index contributed by atoms with van der Waals surface area (Å²) in [5, 5.41) is 0. The molecule has 0 heterocycles. The first-order valence-electron chi connectivity index (χ1n) is 7.09. The molecule has 0 saturated carbocycles. The third kappa shape index (κ3) is 5.16. The molecule has 0 aliphatic rings. The Bertz CT molecular complexity index is 317. The van der Waals surface area contributed by atoms with Crippen molar-refractivity contribution in [3.63, 3.8) is 0 Å². The molecule has 1 aromatic carbocycles. The van der Waals surface area contributed by atoms with Gasteiger partial charge in [-0.2, -0.15) is 0 Å². The molecule has 0 unspecified atom stereocenters. The first-order valence-corrected chi connectivity index (χ1v) is 7.54. The van der Waals surface area contributed by atoms with Crippen LogP contribution in [0.5, 0.6) is 0 Å². The van der Waals surface area contributed by atoms with Crippen molar-refractivity contribution in [2.75, 3.05) is 0 Å². The highest BCUT2D eigenvalue weighted by atomic mass is 32.1. The van der Waals surface area contributed by atoms with Gasteiger partial charge in [-0.05, 0) is 42.9 Å². The summed E-state index contributed by atoms with van der Waals surface area (Å²) in [7, 11) is 0. The van der Waals surface area contributed by atoms with E-state index in [2.05, 4.69) is 44.7 Å². The van der Waals surface area contributed by atoms with Gasteiger partial charge < -0.3 is 0 Å². The van der Waals surface area contributed by atoms with E-state index in [9.17, 15) is 0 Å². The number of thiol groups is 1. The van der Waals surface area contributed by atoms with Crippen molar-refractivity contribution in [3.05, 3.63) is 29.3 Å². The van der Waals surface area contributed by atoms with Crippen LogP contribution in [0.3, 0.4) is 0 Å². The number of unbranched alkanes of at least 4 members (excludes halogenated alkanes) is 4. The Kier molecular flexibility index (Phi) is 7.43. The van der Waals surface area contributed by atoms with Crippen molar-refractivity contribution in [1.29, 1.82) is 0 Å². The van der Waals surface area contributed by atoms with E-state index >= 15 is 0 Å². The van der Waals surface area contributed by atoms with Gasteiger partial charge in [0.2, 0.25) is 0 Å². The Balaban J connectivity index is 2.63. The molecule has 1 heteroatoms. The van der Waals surface area contributed by atoms with Crippen LogP contribution >= 0.6 is 12.6 Å². The highest BCUT2D eigenvalue weighted by Crippen LogP contribution is 2.22. The van der Waals surface area contributed by atoms with E-state index in [1.807, 2.05) is 0 Å². The largest absolute Gasteiger partial charge is 0.143 e. The topological polar surface area (TPSA) is 0 Å². The second kappa shape index (κ2) is 8.63. The molecule has 0 aromatic heterocycles. The van der Waals surface area contributed by atoms with Crippen molar-refractivity contribution in [3.8, 4) is 0 Å². The van der Waals surface area contributed by atoms with Crippen LogP contribution in [0.4, 0.5) is 0 Å². The molecule has 0 aliphatic carbocycles. The van der Waals surface area contributed by atoms with Gasteiger partial charge in [0.25, 0.3) is 0 Å². The summed E-state index contributed by atoms with van der Waals surface area (Å²) in [4.78, 5) is 1.19. The molecule has 1 rings (SSSR count). The van der Waals surface area contributed by atoms with E-state index in [-0.39, 0.29) is 0 Å². The Morgan fingerprint density at radius 1 is 0.882 bits per heavy atom. The van der Waals surface area contributed by atoms with Gasteiger partial charge in [0.05, 0.1) is 0 Å². The van der Waals surface area contributed by atoms with Gasteiger partial charge in [-0.3, -0.25) is 0 Å². The van der Waals surface area contributed by atoms with Crippen LogP contribution in [-0.4, -0.2) is 0 Å². The maximum atomic E-state index is 4.61. The van der Waals surface area contributed by atoms with Crippen molar-refractivity contribution in [2.45, 2.75) is 70.1 Å². The summed E-state index contributed by atoms with van der Waals surface area (Å²) >= 11 is 4.61. The van der Waals surface area contributed by atoms with E-state index in [0.717, 1.165) is 0 Å². The number of rotatable bonds is 8. The van der Waals surface area contributed by atoms with E-state index in [1.165, 1.54) is 67.4 Å². The fourth-order valence-corrected chi connectivity index (χ4v) is 2.60. The summed E-state index contributed by atoms with van der Waals surface area (Å²) in [5.74, 6) is 0. The standard InChI is InChI=1S/C16H26S/c1-3-5-7-10-14-11-9-13-16(17)15(14)12-8-6-4-2/h9,11,13,17H,3-8,10,12H2,1-2H3. The minimum Gasteiger partial charge on any atom is -0.143 e. The summed E-state index contributed by atoms with van der Waals surface area (Å²) < 4.78 is 0. The Morgan fingerprint density at radius 2 is 1.53 bits per heavy atom. The molecule has 0 nitrogen and oxygen atoms in total. The number of aryl methyl sites for hydroxylation is 1. The van der Waals surface area contributed by atoms with Crippen LogP contribution in [0.2, 0.25) is 0 Å². The summed E-state index contributed by atoms with van der Waals surface area (Å²) in [5.41, 5.74) is 3.03. The van der Waals surface area contributed by atoms with E-state index in [0.29, 0.717) is 0 Å². The first-order chi connectivity index (χ1) is 8.29. The summed E-state index contributed by atoms with van der Waals surface area (Å²) in [6.45, 7) is 4.52. The second-order valence-corrected chi connectivity index (χ2v) is 5.31. The van der Waals surface area contributed by atoms with Gasteiger partial charge in [0, 0.05) is 4.90 Å². The third-order valence-corrected chi connectivity index (χ3v) is 3.75. The first kappa shape index (κ1) is 14.6. The molecule has 0 aliphatic heterocycles. The SMILES string of the molecule is CCCCCc1cccc(S)c1CCCCC. The predicted octanol–water partition coefficient (Wildman–Crippen LogP) is 5.44. The van der Waals surface area contributed by atoms with Crippen molar-refractivity contribution in [2.24, 2.45) is 0 Å². The zero-order chi connectivity index (χ0) is 12.5. The maximum absolute atomic E-state index is 4.61. The van der Waals surface area contributed by atoms with E-state index < -0.39 is 0 Å². The Hall–Kier alpha value is -0.430. The van der Waals surface area contributed by atoms with Gasteiger partial charge in [-0.1, -0.05) is 51.7 Å². The summed E-state index contributed by atoms with van der Waals surface area (Å²) in [6, 6.07) is 6.57. The number of hydrogen-bond donors (Lipinski definition) is 1.